The Morgan fingerprint density at radius 3 is 3.00 bits per heavy atom. The maximum atomic E-state index is 6.20. The molecule has 3 N–H and O–H groups in total. The zero-order valence-corrected chi connectivity index (χ0v) is 11.4. The number of nitrogens with one attached hydrogen (secondary N) is 1. The average Bonchev–Trinajstić information content (AvgIpc) is 2.39. The Morgan fingerprint density at radius 2 is 2.41 bits per heavy atom. The number of rotatable bonds is 3. The van der Waals surface area contributed by atoms with Crippen molar-refractivity contribution in [2.75, 3.05) is 26.8 Å². The Bertz CT molecular complexity index is 381. The lowest BCUT2D eigenvalue weighted by Crippen LogP contribution is -2.44. The van der Waals surface area contributed by atoms with Crippen molar-refractivity contribution in [2.24, 2.45) is 5.73 Å². The van der Waals surface area contributed by atoms with Gasteiger partial charge in [0, 0.05) is 13.1 Å². The van der Waals surface area contributed by atoms with Gasteiger partial charge in [0.15, 0.2) is 0 Å². The largest absolute Gasteiger partial charge is 0.496 e. The molecule has 2 unspecified atom stereocenters. The monoisotopic (exact) mass is 300 g/mol. The van der Waals surface area contributed by atoms with E-state index in [1.165, 1.54) is 0 Å². The molecular formula is C12H17BrN2O2. The molecule has 0 radical (unpaired) electrons. The van der Waals surface area contributed by atoms with Crippen LogP contribution in [0, 0.1) is 0 Å². The Morgan fingerprint density at radius 1 is 1.59 bits per heavy atom. The molecule has 94 valence electrons. The Hall–Kier alpha value is -0.620. The van der Waals surface area contributed by atoms with E-state index in [1.54, 1.807) is 7.11 Å². The molecule has 1 heterocycles. The van der Waals surface area contributed by atoms with Gasteiger partial charge >= 0.3 is 0 Å². The molecule has 2 atom stereocenters. The minimum absolute atomic E-state index is 0.0315. The van der Waals surface area contributed by atoms with Crippen LogP contribution in [0.5, 0.6) is 5.75 Å². The minimum Gasteiger partial charge on any atom is -0.496 e. The summed E-state index contributed by atoms with van der Waals surface area (Å²) in [5, 5.41) is 3.28. The van der Waals surface area contributed by atoms with Crippen molar-refractivity contribution in [3.63, 3.8) is 0 Å². The number of halogens is 1. The summed E-state index contributed by atoms with van der Waals surface area (Å²) < 4.78 is 11.8. The fourth-order valence-corrected chi connectivity index (χ4v) is 2.48. The van der Waals surface area contributed by atoms with Crippen LogP contribution in [0.1, 0.15) is 11.6 Å². The molecule has 0 saturated carbocycles. The highest BCUT2D eigenvalue weighted by Gasteiger charge is 2.22. The molecule has 17 heavy (non-hydrogen) atoms. The van der Waals surface area contributed by atoms with Crippen LogP contribution in [-0.2, 0) is 4.74 Å². The van der Waals surface area contributed by atoms with Gasteiger partial charge in [0.25, 0.3) is 0 Å². The summed E-state index contributed by atoms with van der Waals surface area (Å²) in [5.41, 5.74) is 7.25. The van der Waals surface area contributed by atoms with Crippen molar-refractivity contribution in [3.8, 4) is 5.75 Å². The van der Waals surface area contributed by atoms with E-state index in [9.17, 15) is 0 Å². The molecule has 1 aliphatic heterocycles. The SMILES string of the molecule is COc1ccc(C(N)C2CNCCO2)cc1Br. The second kappa shape index (κ2) is 5.82. The van der Waals surface area contributed by atoms with Gasteiger partial charge in [-0.2, -0.15) is 0 Å². The van der Waals surface area contributed by atoms with Gasteiger partial charge in [-0.25, -0.2) is 0 Å². The van der Waals surface area contributed by atoms with Crippen molar-refractivity contribution in [2.45, 2.75) is 12.1 Å². The van der Waals surface area contributed by atoms with Gasteiger partial charge in [0.05, 0.1) is 30.3 Å². The predicted molar refractivity (Wildman–Crippen MR) is 70.2 cm³/mol. The first-order chi connectivity index (χ1) is 8.22. The van der Waals surface area contributed by atoms with Crippen LogP contribution in [0.2, 0.25) is 0 Å². The molecule has 2 rings (SSSR count). The summed E-state index contributed by atoms with van der Waals surface area (Å²) >= 11 is 3.46. The minimum atomic E-state index is -0.120. The maximum Gasteiger partial charge on any atom is 0.133 e. The standard InChI is InChI=1S/C12H17BrN2O2/c1-16-10-3-2-8(6-9(10)13)12(14)11-7-15-4-5-17-11/h2-3,6,11-12,15H,4-5,7,14H2,1H3. The third-order valence-corrected chi connectivity index (χ3v) is 3.54. The Labute approximate surface area is 110 Å². The molecule has 1 aliphatic rings. The number of ether oxygens (including phenoxy) is 2. The van der Waals surface area contributed by atoms with Crippen LogP contribution in [0.4, 0.5) is 0 Å². The third-order valence-electron chi connectivity index (χ3n) is 2.92. The molecule has 1 fully saturated rings. The second-order valence-electron chi connectivity index (χ2n) is 4.03. The van der Waals surface area contributed by atoms with E-state index in [0.29, 0.717) is 0 Å². The van der Waals surface area contributed by atoms with Gasteiger partial charge < -0.3 is 20.5 Å². The average molecular weight is 301 g/mol. The maximum absolute atomic E-state index is 6.20. The lowest BCUT2D eigenvalue weighted by Gasteiger charge is -2.29. The topological polar surface area (TPSA) is 56.5 Å². The van der Waals surface area contributed by atoms with Gasteiger partial charge in [0.2, 0.25) is 0 Å². The molecule has 0 amide bonds. The second-order valence-corrected chi connectivity index (χ2v) is 4.89. The van der Waals surface area contributed by atoms with E-state index in [1.807, 2.05) is 18.2 Å². The van der Waals surface area contributed by atoms with E-state index in [2.05, 4.69) is 21.2 Å². The summed E-state index contributed by atoms with van der Waals surface area (Å²) in [6.45, 7) is 2.41. The zero-order chi connectivity index (χ0) is 12.3. The quantitative estimate of drug-likeness (QED) is 0.887. The number of nitrogens with two attached hydrogens (primary N) is 1. The first-order valence-electron chi connectivity index (χ1n) is 5.63. The highest BCUT2D eigenvalue weighted by molar-refractivity contribution is 9.10. The fourth-order valence-electron chi connectivity index (χ4n) is 1.92. The van der Waals surface area contributed by atoms with Crippen molar-refractivity contribution >= 4 is 15.9 Å². The third kappa shape index (κ3) is 2.98. The van der Waals surface area contributed by atoms with Crippen molar-refractivity contribution < 1.29 is 9.47 Å². The van der Waals surface area contributed by atoms with Crippen molar-refractivity contribution in [1.82, 2.24) is 5.32 Å². The van der Waals surface area contributed by atoms with Gasteiger partial charge in [-0.3, -0.25) is 0 Å². The molecule has 1 saturated heterocycles. The number of methoxy groups -OCH3 is 1. The smallest absolute Gasteiger partial charge is 0.133 e. The lowest BCUT2D eigenvalue weighted by molar-refractivity contribution is 0.0122. The summed E-state index contributed by atoms with van der Waals surface area (Å²) in [6, 6.07) is 5.76. The number of morpholine rings is 1. The molecule has 1 aromatic carbocycles. The summed E-state index contributed by atoms with van der Waals surface area (Å²) in [6.07, 6.45) is 0.0315. The molecule has 5 heteroatoms. The van der Waals surface area contributed by atoms with E-state index < -0.39 is 0 Å². The first-order valence-corrected chi connectivity index (χ1v) is 6.43. The number of benzene rings is 1. The van der Waals surface area contributed by atoms with Gasteiger partial charge in [-0.15, -0.1) is 0 Å². The fraction of sp³-hybridized carbons (Fsp3) is 0.500. The molecule has 0 aromatic heterocycles. The Balaban J connectivity index is 2.12. The molecule has 0 spiro atoms. The van der Waals surface area contributed by atoms with Crippen LogP contribution in [0.15, 0.2) is 22.7 Å². The zero-order valence-electron chi connectivity index (χ0n) is 9.78. The van der Waals surface area contributed by atoms with Crippen LogP contribution < -0.4 is 15.8 Å². The molecule has 0 bridgehead atoms. The van der Waals surface area contributed by atoms with Crippen molar-refractivity contribution in [1.29, 1.82) is 0 Å². The predicted octanol–water partition coefficient (Wildman–Crippen LogP) is 1.45. The van der Waals surface area contributed by atoms with Gasteiger partial charge in [-0.1, -0.05) is 6.07 Å². The highest BCUT2D eigenvalue weighted by Crippen LogP contribution is 2.29. The first kappa shape index (κ1) is 12.8. The molecule has 4 nitrogen and oxygen atoms in total. The number of hydrogen-bond donors (Lipinski definition) is 2. The van der Waals surface area contributed by atoms with E-state index in [4.69, 9.17) is 15.2 Å². The van der Waals surface area contributed by atoms with Gasteiger partial charge in [-0.05, 0) is 33.6 Å². The van der Waals surface area contributed by atoms with Crippen LogP contribution >= 0.6 is 15.9 Å². The normalized spacial score (nSPS) is 22.2. The van der Waals surface area contributed by atoms with Crippen molar-refractivity contribution in [3.05, 3.63) is 28.2 Å². The van der Waals surface area contributed by atoms with Crippen LogP contribution in [-0.4, -0.2) is 32.9 Å². The van der Waals surface area contributed by atoms with E-state index >= 15 is 0 Å². The van der Waals surface area contributed by atoms with Crippen LogP contribution in [0.25, 0.3) is 0 Å². The Kier molecular flexibility index (Phi) is 4.39. The summed E-state index contributed by atoms with van der Waals surface area (Å²) in [4.78, 5) is 0. The summed E-state index contributed by atoms with van der Waals surface area (Å²) in [7, 11) is 1.65. The summed E-state index contributed by atoms with van der Waals surface area (Å²) in [5.74, 6) is 0.809. The molecule has 1 aromatic rings. The van der Waals surface area contributed by atoms with Gasteiger partial charge in [0.1, 0.15) is 5.75 Å². The van der Waals surface area contributed by atoms with Crippen LogP contribution in [0.3, 0.4) is 0 Å². The number of hydrogen-bond acceptors (Lipinski definition) is 4. The van der Waals surface area contributed by atoms with E-state index in [-0.39, 0.29) is 12.1 Å². The lowest BCUT2D eigenvalue weighted by atomic mass is 10.0. The molecule has 0 aliphatic carbocycles. The molecular weight excluding hydrogens is 284 g/mol. The van der Waals surface area contributed by atoms with E-state index in [0.717, 1.165) is 35.5 Å². The highest BCUT2D eigenvalue weighted by atomic mass is 79.9.